The number of aryl methyl sites for hydroxylation is 1. The number of hydrogen-bond donors (Lipinski definition) is 1. The molecule has 0 radical (unpaired) electrons. The molecule has 0 amide bonds. The third-order valence-corrected chi connectivity index (χ3v) is 3.15. The molecule has 4 heteroatoms. The topological polar surface area (TPSA) is 53.6 Å². The fourth-order valence-corrected chi connectivity index (χ4v) is 2.19. The molecule has 0 saturated carbocycles. The lowest BCUT2D eigenvalue weighted by Crippen LogP contribution is -2.40. The van der Waals surface area contributed by atoms with Crippen LogP contribution in [0.3, 0.4) is 0 Å². The van der Waals surface area contributed by atoms with Gasteiger partial charge in [0.15, 0.2) is 0 Å². The lowest BCUT2D eigenvalue weighted by atomic mass is 9.97. The van der Waals surface area contributed by atoms with Crippen molar-refractivity contribution >= 4 is 0 Å². The Kier molecular flexibility index (Phi) is 5.36. The van der Waals surface area contributed by atoms with E-state index >= 15 is 0 Å². The molecule has 0 fully saturated rings. The van der Waals surface area contributed by atoms with Crippen molar-refractivity contribution in [1.29, 1.82) is 5.26 Å². The number of aromatic nitrogens is 2. The average molecular weight is 248 g/mol. The zero-order chi connectivity index (χ0) is 13.6. The first kappa shape index (κ1) is 14.7. The first-order valence-corrected chi connectivity index (χ1v) is 6.69. The first-order chi connectivity index (χ1) is 8.52. The predicted octanol–water partition coefficient (Wildman–Crippen LogP) is 2.68. The highest BCUT2D eigenvalue weighted by atomic mass is 15.1. The van der Waals surface area contributed by atoms with Gasteiger partial charge in [0.1, 0.15) is 11.4 Å². The summed E-state index contributed by atoms with van der Waals surface area (Å²) >= 11 is 0. The van der Waals surface area contributed by atoms with Crippen molar-refractivity contribution in [3.8, 4) is 6.07 Å². The Morgan fingerprint density at radius 1 is 1.56 bits per heavy atom. The van der Waals surface area contributed by atoms with Gasteiger partial charge in [-0.05, 0) is 26.3 Å². The van der Waals surface area contributed by atoms with Crippen molar-refractivity contribution in [3.05, 3.63) is 18.2 Å². The Balaban J connectivity index is 2.51. The SMILES string of the molecule is CCNC(C)(C#N)CCCn1ccnc1C(C)C. The number of nitrogens with one attached hydrogen (secondary N) is 1. The second-order valence-electron chi connectivity index (χ2n) is 5.21. The summed E-state index contributed by atoms with van der Waals surface area (Å²) < 4.78 is 2.19. The van der Waals surface area contributed by atoms with Crippen LogP contribution < -0.4 is 5.32 Å². The van der Waals surface area contributed by atoms with Crippen LogP contribution in [-0.2, 0) is 6.54 Å². The molecule has 100 valence electrons. The minimum atomic E-state index is -0.409. The van der Waals surface area contributed by atoms with Gasteiger partial charge in [0.2, 0.25) is 0 Å². The Labute approximate surface area is 110 Å². The van der Waals surface area contributed by atoms with Crippen molar-refractivity contribution in [3.63, 3.8) is 0 Å². The maximum absolute atomic E-state index is 9.18. The van der Waals surface area contributed by atoms with Gasteiger partial charge in [-0.1, -0.05) is 20.8 Å². The molecule has 0 aromatic carbocycles. The molecule has 1 aromatic rings. The number of imidazole rings is 1. The van der Waals surface area contributed by atoms with Gasteiger partial charge in [-0.15, -0.1) is 0 Å². The quantitative estimate of drug-likeness (QED) is 0.807. The molecule has 1 aromatic heterocycles. The molecule has 0 spiro atoms. The van der Waals surface area contributed by atoms with E-state index in [-0.39, 0.29) is 0 Å². The van der Waals surface area contributed by atoms with E-state index in [1.165, 1.54) is 0 Å². The zero-order valence-electron chi connectivity index (χ0n) is 11.9. The predicted molar refractivity (Wildman–Crippen MR) is 73.2 cm³/mol. The van der Waals surface area contributed by atoms with Gasteiger partial charge < -0.3 is 4.57 Å². The van der Waals surface area contributed by atoms with Crippen LogP contribution in [0, 0.1) is 11.3 Å². The molecule has 18 heavy (non-hydrogen) atoms. The van der Waals surface area contributed by atoms with E-state index in [1.807, 2.05) is 26.2 Å². The molecular weight excluding hydrogens is 224 g/mol. The van der Waals surface area contributed by atoms with E-state index in [0.29, 0.717) is 5.92 Å². The smallest absolute Gasteiger partial charge is 0.111 e. The highest BCUT2D eigenvalue weighted by Crippen LogP contribution is 2.15. The van der Waals surface area contributed by atoms with Gasteiger partial charge in [-0.3, -0.25) is 5.32 Å². The summed E-state index contributed by atoms with van der Waals surface area (Å²) in [5, 5.41) is 12.4. The van der Waals surface area contributed by atoms with E-state index in [9.17, 15) is 5.26 Å². The number of nitrogens with zero attached hydrogens (tertiary/aromatic N) is 3. The standard InChI is InChI=1S/C14H24N4/c1-5-17-14(4,11-15)7-6-9-18-10-8-16-13(18)12(2)3/h8,10,12,17H,5-7,9H2,1-4H3. The van der Waals surface area contributed by atoms with E-state index in [2.05, 4.69) is 34.8 Å². The highest BCUT2D eigenvalue weighted by molar-refractivity contribution is 5.03. The first-order valence-electron chi connectivity index (χ1n) is 6.69. The Morgan fingerprint density at radius 3 is 2.83 bits per heavy atom. The molecule has 0 bridgehead atoms. The Hall–Kier alpha value is -1.34. The summed E-state index contributed by atoms with van der Waals surface area (Å²) in [6.07, 6.45) is 5.70. The lowest BCUT2D eigenvalue weighted by Gasteiger charge is -2.22. The largest absolute Gasteiger partial charge is 0.335 e. The van der Waals surface area contributed by atoms with E-state index < -0.39 is 5.54 Å². The fourth-order valence-electron chi connectivity index (χ4n) is 2.19. The summed E-state index contributed by atoms with van der Waals surface area (Å²) in [6.45, 7) is 10.0. The van der Waals surface area contributed by atoms with Crippen LogP contribution in [0.1, 0.15) is 52.3 Å². The minimum Gasteiger partial charge on any atom is -0.335 e. The van der Waals surface area contributed by atoms with Crippen molar-refractivity contribution < 1.29 is 0 Å². The van der Waals surface area contributed by atoms with E-state index in [4.69, 9.17) is 0 Å². The van der Waals surface area contributed by atoms with Crippen molar-refractivity contribution in [1.82, 2.24) is 14.9 Å². The van der Waals surface area contributed by atoms with Gasteiger partial charge in [-0.2, -0.15) is 5.26 Å². The highest BCUT2D eigenvalue weighted by Gasteiger charge is 2.21. The molecule has 1 N–H and O–H groups in total. The molecule has 0 aliphatic rings. The molecule has 1 unspecified atom stereocenters. The van der Waals surface area contributed by atoms with Crippen LogP contribution in [0.25, 0.3) is 0 Å². The van der Waals surface area contributed by atoms with Gasteiger partial charge in [-0.25, -0.2) is 4.98 Å². The summed E-state index contributed by atoms with van der Waals surface area (Å²) in [5.41, 5.74) is -0.409. The van der Waals surface area contributed by atoms with Crippen LogP contribution in [0.2, 0.25) is 0 Å². The van der Waals surface area contributed by atoms with Crippen LogP contribution in [0.5, 0.6) is 0 Å². The molecule has 4 nitrogen and oxygen atoms in total. The summed E-state index contributed by atoms with van der Waals surface area (Å²) in [5.74, 6) is 1.56. The van der Waals surface area contributed by atoms with Crippen LogP contribution >= 0.6 is 0 Å². The number of rotatable bonds is 7. The molecule has 1 rings (SSSR count). The van der Waals surface area contributed by atoms with Crippen LogP contribution in [-0.4, -0.2) is 21.6 Å². The van der Waals surface area contributed by atoms with Crippen LogP contribution in [0.4, 0.5) is 0 Å². The molecule has 1 heterocycles. The summed E-state index contributed by atoms with van der Waals surface area (Å²) in [7, 11) is 0. The molecule has 0 aliphatic carbocycles. The summed E-state index contributed by atoms with van der Waals surface area (Å²) in [4.78, 5) is 4.37. The molecular formula is C14H24N4. The second-order valence-corrected chi connectivity index (χ2v) is 5.21. The van der Waals surface area contributed by atoms with Gasteiger partial charge in [0.05, 0.1) is 6.07 Å². The lowest BCUT2D eigenvalue weighted by molar-refractivity contribution is 0.400. The van der Waals surface area contributed by atoms with Crippen LogP contribution in [0.15, 0.2) is 12.4 Å². The third kappa shape index (κ3) is 3.85. The minimum absolute atomic E-state index is 0.409. The summed E-state index contributed by atoms with van der Waals surface area (Å²) in [6, 6.07) is 2.36. The third-order valence-electron chi connectivity index (χ3n) is 3.15. The van der Waals surface area contributed by atoms with Gasteiger partial charge in [0.25, 0.3) is 0 Å². The van der Waals surface area contributed by atoms with Crippen molar-refractivity contribution in [2.45, 2.75) is 58.5 Å². The van der Waals surface area contributed by atoms with E-state index in [0.717, 1.165) is 31.8 Å². The Morgan fingerprint density at radius 2 is 2.28 bits per heavy atom. The Bertz CT molecular complexity index is 402. The fraction of sp³-hybridized carbons (Fsp3) is 0.714. The molecule has 1 atom stereocenters. The van der Waals surface area contributed by atoms with Crippen molar-refractivity contribution in [2.24, 2.45) is 0 Å². The normalized spacial score (nSPS) is 14.4. The number of hydrogen-bond acceptors (Lipinski definition) is 3. The van der Waals surface area contributed by atoms with Crippen molar-refractivity contribution in [2.75, 3.05) is 6.54 Å². The average Bonchev–Trinajstić information content (AvgIpc) is 2.78. The maximum atomic E-state index is 9.18. The maximum Gasteiger partial charge on any atom is 0.111 e. The molecule has 0 aliphatic heterocycles. The molecule has 0 saturated heterocycles. The number of nitriles is 1. The zero-order valence-corrected chi connectivity index (χ0v) is 11.9. The van der Waals surface area contributed by atoms with Gasteiger partial charge in [0, 0.05) is 24.9 Å². The van der Waals surface area contributed by atoms with Gasteiger partial charge >= 0.3 is 0 Å². The monoisotopic (exact) mass is 248 g/mol. The van der Waals surface area contributed by atoms with E-state index in [1.54, 1.807) is 0 Å². The second kappa shape index (κ2) is 6.55.